The van der Waals surface area contributed by atoms with Crippen LogP contribution < -0.4 is 0 Å². The zero-order valence-electron chi connectivity index (χ0n) is 12.6. The fraction of sp³-hybridized carbons (Fsp3) is 1.00. The van der Waals surface area contributed by atoms with Gasteiger partial charge in [-0.05, 0) is 21.6 Å². The summed E-state index contributed by atoms with van der Waals surface area (Å²) in [6, 6.07) is 0. The summed E-state index contributed by atoms with van der Waals surface area (Å²) >= 11 is 0. The molecule has 93 valence electrons. The van der Waals surface area contributed by atoms with Crippen molar-refractivity contribution in [2.75, 3.05) is 0 Å². The quantitative estimate of drug-likeness (QED) is 0.557. The Kier molecular flexibility index (Phi) is 4.49. The largest absolute Gasteiger partial charge is 0.110 e. The van der Waals surface area contributed by atoms with E-state index in [1.165, 1.54) is 0 Å². The third-order valence-electron chi connectivity index (χ3n) is 3.85. The van der Waals surface area contributed by atoms with Crippen molar-refractivity contribution < 1.29 is 0 Å². The second kappa shape index (κ2) is 4.36. The lowest BCUT2D eigenvalue weighted by Crippen LogP contribution is -2.42. The predicted molar refractivity (Wildman–Crippen MR) is 76.7 cm³/mol. The number of rotatable bonds is 2. The normalized spacial score (nSPS) is 15.2. The maximum Gasteiger partial charge on any atom is -0.0204 e. The Labute approximate surface area is 98.6 Å². The highest BCUT2D eigenvalue weighted by Gasteiger charge is 2.51. The van der Waals surface area contributed by atoms with E-state index in [1.807, 2.05) is 0 Å². The van der Waals surface area contributed by atoms with E-state index in [4.69, 9.17) is 0 Å². The van der Waals surface area contributed by atoms with Crippen LogP contribution in [0.3, 0.4) is 0 Å². The van der Waals surface area contributed by atoms with Crippen molar-refractivity contribution in [3.05, 3.63) is 0 Å². The van der Waals surface area contributed by atoms with Crippen LogP contribution in [0.2, 0.25) is 0 Å². The molecule has 0 rings (SSSR count). The van der Waals surface area contributed by atoms with Gasteiger partial charge in [0, 0.05) is 0 Å². The van der Waals surface area contributed by atoms with E-state index in [9.17, 15) is 0 Å². The molecular weight excluding hydrogens is 199 g/mol. The van der Waals surface area contributed by atoms with Crippen molar-refractivity contribution in [2.45, 2.75) is 90.9 Å². The van der Waals surface area contributed by atoms with Crippen molar-refractivity contribution >= 4 is 7.26 Å². The fourth-order valence-electron chi connectivity index (χ4n) is 4.70. The maximum atomic E-state index is 2.45. The third kappa shape index (κ3) is 2.41. The molecule has 0 aliphatic heterocycles. The topological polar surface area (TPSA) is 0 Å². The molecule has 0 unspecified atom stereocenters. The van der Waals surface area contributed by atoms with Crippen LogP contribution in [0.5, 0.6) is 0 Å². The van der Waals surface area contributed by atoms with Crippen molar-refractivity contribution in [2.24, 2.45) is 0 Å². The summed E-state index contributed by atoms with van der Waals surface area (Å²) in [5.74, 6) is 0. The predicted octanol–water partition coefficient (Wildman–Crippen LogP) is 5.42. The summed E-state index contributed by atoms with van der Waals surface area (Å²) in [7, 11) is -1.01. The van der Waals surface area contributed by atoms with Gasteiger partial charge < -0.3 is 0 Å². The number of hydrogen-bond donors (Lipinski definition) is 0. The molecule has 1 radical (unpaired) electrons. The third-order valence-corrected chi connectivity index (χ3v) is 11.5. The Morgan fingerprint density at radius 2 is 0.800 bits per heavy atom. The van der Waals surface area contributed by atoms with Crippen LogP contribution in [0.4, 0.5) is 0 Å². The van der Waals surface area contributed by atoms with Gasteiger partial charge in [0.2, 0.25) is 0 Å². The van der Waals surface area contributed by atoms with Gasteiger partial charge in [0.05, 0.1) is 0 Å². The summed E-state index contributed by atoms with van der Waals surface area (Å²) in [6.45, 7) is 24.4. The first kappa shape index (κ1) is 15.4. The fourth-order valence-corrected chi connectivity index (χ4v) is 14.1. The molecule has 0 saturated carbocycles. The van der Waals surface area contributed by atoms with Crippen molar-refractivity contribution in [1.82, 2.24) is 0 Å². The Bertz CT molecular complexity index is 176. The standard InChI is InChI=1S/C14H32P/c1-11(2)15(12(3)4,13(5,6)7)14(8,9)10/h11-12H,1-10H3. The van der Waals surface area contributed by atoms with Gasteiger partial charge in [0.1, 0.15) is 0 Å². The molecule has 0 atom stereocenters. The number of hydrogen-bond acceptors (Lipinski definition) is 0. The Morgan fingerprint density at radius 1 is 0.600 bits per heavy atom. The molecule has 15 heavy (non-hydrogen) atoms. The van der Waals surface area contributed by atoms with E-state index >= 15 is 0 Å². The molecule has 0 N–H and O–H groups in total. The zero-order chi connectivity index (χ0) is 12.7. The smallest absolute Gasteiger partial charge is 0.0204 e. The van der Waals surface area contributed by atoms with E-state index in [1.54, 1.807) is 0 Å². The first-order valence-electron chi connectivity index (χ1n) is 6.27. The monoisotopic (exact) mass is 231 g/mol. The molecule has 0 heterocycles. The molecule has 0 aromatic carbocycles. The van der Waals surface area contributed by atoms with E-state index in [2.05, 4.69) is 69.2 Å². The highest BCUT2D eigenvalue weighted by atomic mass is 31.2. The molecule has 0 bridgehead atoms. The summed E-state index contributed by atoms with van der Waals surface area (Å²) in [6.07, 6.45) is 0. The van der Waals surface area contributed by atoms with Gasteiger partial charge in [-0.15, -0.1) is 7.26 Å². The summed E-state index contributed by atoms with van der Waals surface area (Å²) in [5.41, 5.74) is 1.63. The summed E-state index contributed by atoms with van der Waals surface area (Å²) < 4.78 is 0. The summed E-state index contributed by atoms with van der Waals surface area (Å²) in [4.78, 5) is 0. The molecule has 0 fully saturated rings. The maximum absolute atomic E-state index is 2.45. The average Bonchev–Trinajstić information content (AvgIpc) is 1.75. The Hall–Kier alpha value is 0.430. The molecule has 0 aromatic heterocycles. The lowest BCUT2D eigenvalue weighted by atomic mass is 10.2. The molecule has 0 aliphatic carbocycles. The van der Waals surface area contributed by atoms with Crippen molar-refractivity contribution in [3.8, 4) is 0 Å². The molecule has 0 saturated heterocycles. The zero-order valence-corrected chi connectivity index (χ0v) is 13.5. The van der Waals surface area contributed by atoms with Gasteiger partial charge in [0.15, 0.2) is 0 Å². The SMILES string of the molecule is CC(C)[P](C(C)C)(C(C)(C)C)C(C)(C)C. The molecule has 0 amide bonds. The molecule has 0 aliphatic rings. The Balaban J connectivity index is 5.73. The highest BCUT2D eigenvalue weighted by Crippen LogP contribution is 2.81. The van der Waals surface area contributed by atoms with E-state index in [-0.39, 0.29) is 0 Å². The minimum Gasteiger partial charge on any atom is -0.110 e. The molecule has 0 aromatic rings. The highest BCUT2D eigenvalue weighted by molar-refractivity contribution is 7.79. The van der Waals surface area contributed by atoms with Gasteiger partial charge in [-0.1, -0.05) is 69.2 Å². The van der Waals surface area contributed by atoms with Crippen LogP contribution in [0.25, 0.3) is 0 Å². The first-order valence-corrected chi connectivity index (χ1v) is 8.20. The van der Waals surface area contributed by atoms with E-state index in [0.717, 1.165) is 11.3 Å². The molecule has 0 spiro atoms. The lowest BCUT2D eigenvalue weighted by molar-refractivity contribution is 0.649. The summed E-state index contributed by atoms with van der Waals surface area (Å²) in [5, 5.41) is 0.904. The van der Waals surface area contributed by atoms with Gasteiger partial charge in [0.25, 0.3) is 0 Å². The van der Waals surface area contributed by atoms with Gasteiger partial charge >= 0.3 is 0 Å². The molecule has 0 nitrogen and oxygen atoms in total. The second-order valence-corrected chi connectivity index (χ2v) is 13.6. The van der Waals surface area contributed by atoms with Crippen LogP contribution in [-0.2, 0) is 0 Å². The van der Waals surface area contributed by atoms with E-state index < -0.39 is 7.26 Å². The Morgan fingerprint density at radius 3 is 0.800 bits per heavy atom. The van der Waals surface area contributed by atoms with Crippen molar-refractivity contribution in [1.29, 1.82) is 0 Å². The van der Waals surface area contributed by atoms with Crippen LogP contribution in [-0.4, -0.2) is 21.6 Å². The molecular formula is C14H32P. The lowest BCUT2D eigenvalue weighted by Gasteiger charge is -2.62. The van der Waals surface area contributed by atoms with Gasteiger partial charge in [-0.2, -0.15) is 0 Å². The van der Waals surface area contributed by atoms with Crippen LogP contribution in [0.1, 0.15) is 69.2 Å². The van der Waals surface area contributed by atoms with Crippen LogP contribution in [0, 0.1) is 0 Å². The van der Waals surface area contributed by atoms with E-state index in [0.29, 0.717) is 10.3 Å². The van der Waals surface area contributed by atoms with Gasteiger partial charge in [-0.25, -0.2) is 0 Å². The minimum absolute atomic E-state index is 0.452. The van der Waals surface area contributed by atoms with Crippen LogP contribution >= 0.6 is 7.26 Å². The van der Waals surface area contributed by atoms with Crippen molar-refractivity contribution in [3.63, 3.8) is 0 Å². The van der Waals surface area contributed by atoms with Crippen LogP contribution in [0.15, 0.2) is 0 Å². The average molecular weight is 231 g/mol. The second-order valence-electron chi connectivity index (χ2n) is 7.31. The first-order chi connectivity index (χ1) is 6.39. The minimum atomic E-state index is -1.01. The van der Waals surface area contributed by atoms with Gasteiger partial charge in [-0.3, -0.25) is 0 Å². The molecule has 1 heteroatoms.